The second kappa shape index (κ2) is 4.22. The Bertz CT molecular complexity index is 266. The van der Waals surface area contributed by atoms with E-state index >= 15 is 0 Å². The number of hydrogen-bond acceptors (Lipinski definition) is 4. The van der Waals surface area contributed by atoms with Crippen LogP contribution in [0.25, 0.3) is 0 Å². The van der Waals surface area contributed by atoms with Gasteiger partial charge in [-0.25, -0.2) is 4.79 Å². The highest BCUT2D eigenvalue weighted by Gasteiger charge is 2.49. The van der Waals surface area contributed by atoms with Crippen LogP contribution in [0.2, 0.25) is 0 Å². The van der Waals surface area contributed by atoms with Crippen molar-refractivity contribution in [3.63, 3.8) is 0 Å². The van der Waals surface area contributed by atoms with Crippen molar-refractivity contribution in [3.8, 4) is 0 Å². The van der Waals surface area contributed by atoms with E-state index in [4.69, 9.17) is 9.47 Å². The van der Waals surface area contributed by atoms with Crippen LogP contribution in [0.3, 0.4) is 0 Å². The summed E-state index contributed by atoms with van der Waals surface area (Å²) in [5.41, 5.74) is -1.17. The number of nitrogens with zero attached hydrogens (tertiary/aromatic N) is 1. The van der Waals surface area contributed by atoms with Crippen molar-refractivity contribution in [3.05, 3.63) is 0 Å². The smallest absolute Gasteiger partial charge is 0.410 e. The predicted molar refractivity (Wildman–Crippen MR) is 59.2 cm³/mol. The van der Waals surface area contributed by atoms with E-state index in [1.54, 1.807) is 14.0 Å². The van der Waals surface area contributed by atoms with Gasteiger partial charge in [0, 0.05) is 7.05 Å². The second-order valence-electron chi connectivity index (χ2n) is 5.31. The minimum atomic E-state index is -0.640. The Labute approximate surface area is 96.3 Å². The van der Waals surface area contributed by atoms with E-state index < -0.39 is 23.3 Å². The average molecular weight is 231 g/mol. The Morgan fingerprint density at radius 2 is 2.00 bits per heavy atom. The van der Waals surface area contributed by atoms with Crippen LogP contribution in [0.4, 0.5) is 4.79 Å². The van der Waals surface area contributed by atoms with E-state index in [0.29, 0.717) is 13.2 Å². The molecule has 5 nitrogen and oxygen atoms in total. The number of carbonyl (C=O) groups excluding carboxylic acids is 1. The normalized spacial score (nSPS) is 20.9. The van der Waals surface area contributed by atoms with Crippen LogP contribution in [0, 0.1) is 0 Å². The van der Waals surface area contributed by atoms with Gasteiger partial charge in [-0.2, -0.15) is 0 Å². The minimum Gasteiger partial charge on any atom is -0.444 e. The number of ether oxygens (including phenoxy) is 2. The molecule has 1 aliphatic rings. The first kappa shape index (κ1) is 13.3. The van der Waals surface area contributed by atoms with Gasteiger partial charge in [0.2, 0.25) is 0 Å². The third-order valence-electron chi connectivity index (χ3n) is 2.82. The molecule has 1 heterocycles. The Morgan fingerprint density at radius 1 is 1.50 bits per heavy atom. The van der Waals surface area contributed by atoms with Crippen LogP contribution in [0.1, 0.15) is 27.7 Å². The molecule has 5 heteroatoms. The van der Waals surface area contributed by atoms with Gasteiger partial charge in [-0.1, -0.05) is 0 Å². The fourth-order valence-electron chi connectivity index (χ4n) is 1.54. The minimum absolute atomic E-state index is 0.348. The molecule has 0 aliphatic carbocycles. The molecule has 0 aromatic carbocycles. The van der Waals surface area contributed by atoms with E-state index in [2.05, 4.69) is 0 Å². The molecule has 0 radical (unpaired) electrons. The molecule has 0 bridgehead atoms. The maximum atomic E-state index is 11.8. The summed E-state index contributed by atoms with van der Waals surface area (Å²) < 4.78 is 10.3. The first-order chi connectivity index (χ1) is 7.19. The SMILES string of the molecule is CC(O)C1(N(C)C(=O)OC(C)(C)C)COC1. The Balaban J connectivity index is 2.69. The van der Waals surface area contributed by atoms with Crippen LogP contribution in [0.5, 0.6) is 0 Å². The zero-order valence-corrected chi connectivity index (χ0v) is 10.6. The highest BCUT2D eigenvalue weighted by Crippen LogP contribution is 2.29. The fraction of sp³-hybridized carbons (Fsp3) is 0.909. The van der Waals surface area contributed by atoms with Crippen molar-refractivity contribution in [2.75, 3.05) is 20.3 Å². The van der Waals surface area contributed by atoms with Gasteiger partial charge < -0.3 is 14.6 Å². The summed E-state index contributed by atoms with van der Waals surface area (Å²) in [6.07, 6.45) is -1.07. The lowest BCUT2D eigenvalue weighted by atomic mass is 9.90. The van der Waals surface area contributed by atoms with Crippen molar-refractivity contribution in [2.45, 2.75) is 44.9 Å². The van der Waals surface area contributed by atoms with Crippen molar-refractivity contribution in [1.82, 2.24) is 4.90 Å². The zero-order chi connectivity index (χ0) is 12.6. The molecule has 1 saturated heterocycles. The molecule has 0 aromatic rings. The fourth-order valence-corrected chi connectivity index (χ4v) is 1.54. The number of hydrogen-bond donors (Lipinski definition) is 1. The lowest BCUT2D eigenvalue weighted by molar-refractivity contribution is -0.173. The van der Waals surface area contributed by atoms with Crippen molar-refractivity contribution >= 4 is 6.09 Å². The number of aliphatic hydroxyl groups is 1. The summed E-state index contributed by atoms with van der Waals surface area (Å²) in [5, 5.41) is 9.71. The molecule has 1 unspecified atom stereocenters. The van der Waals surface area contributed by atoms with Crippen LogP contribution in [0.15, 0.2) is 0 Å². The lowest BCUT2D eigenvalue weighted by Gasteiger charge is -2.49. The molecule has 0 spiro atoms. The van der Waals surface area contributed by atoms with Crippen molar-refractivity contribution in [2.24, 2.45) is 0 Å². The zero-order valence-electron chi connectivity index (χ0n) is 10.6. The van der Waals surface area contributed by atoms with E-state index in [1.807, 2.05) is 20.8 Å². The highest BCUT2D eigenvalue weighted by atomic mass is 16.6. The van der Waals surface area contributed by atoms with Crippen LogP contribution in [-0.2, 0) is 9.47 Å². The molecule has 1 atom stereocenters. The van der Waals surface area contributed by atoms with Gasteiger partial charge >= 0.3 is 6.09 Å². The van der Waals surface area contributed by atoms with Crippen LogP contribution < -0.4 is 0 Å². The van der Waals surface area contributed by atoms with E-state index in [9.17, 15) is 9.90 Å². The summed E-state index contributed by atoms with van der Waals surface area (Å²) in [5.74, 6) is 0. The van der Waals surface area contributed by atoms with Gasteiger partial charge in [0.05, 0.1) is 19.3 Å². The Hall–Kier alpha value is -0.810. The molecule has 1 aliphatic heterocycles. The number of likely N-dealkylation sites (N-methyl/N-ethyl adjacent to an activating group) is 1. The topological polar surface area (TPSA) is 59.0 Å². The van der Waals surface area contributed by atoms with Gasteiger partial charge in [0.25, 0.3) is 0 Å². The highest BCUT2D eigenvalue weighted by molar-refractivity contribution is 5.69. The number of aliphatic hydroxyl groups excluding tert-OH is 1. The molecule has 1 N–H and O–H groups in total. The molecule has 0 aromatic heterocycles. The predicted octanol–water partition coefficient (Wildman–Crippen LogP) is 1.00. The largest absolute Gasteiger partial charge is 0.444 e. The average Bonchev–Trinajstić information content (AvgIpc) is 1.97. The molecular formula is C11H21NO4. The summed E-state index contributed by atoms with van der Waals surface area (Å²) in [4.78, 5) is 13.3. The molecule has 1 rings (SSSR count). The summed E-state index contributed by atoms with van der Waals surface area (Å²) in [6, 6.07) is 0. The van der Waals surface area contributed by atoms with Crippen molar-refractivity contribution < 1.29 is 19.4 Å². The standard InChI is InChI=1S/C11H21NO4/c1-8(13)11(6-15-7-11)12(5)9(14)16-10(2,3)4/h8,13H,6-7H2,1-5H3. The first-order valence-electron chi connectivity index (χ1n) is 5.42. The van der Waals surface area contributed by atoms with E-state index in [-0.39, 0.29) is 0 Å². The maximum Gasteiger partial charge on any atom is 0.410 e. The molecule has 1 amide bonds. The molecule has 94 valence electrons. The Kier molecular flexibility index (Phi) is 3.50. The van der Waals surface area contributed by atoms with E-state index in [0.717, 1.165) is 0 Å². The summed E-state index contributed by atoms with van der Waals surface area (Å²) in [7, 11) is 1.63. The van der Waals surface area contributed by atoms with Crippen LogP contribution >= 0.6 is 0 Å². The van der Waals surface area contributed by atoms with Gasteiger partial charge in [0.15, 0.2) is 0 Å². The number of rotatable bonds is 2. The van der Waals surface area contributed by atoms with Gasteiger partial charge in [0.1, 0.15) is 11.1 Å². The van der Waals surface area contributed by atoms with E-state index in [1.165, 1.54) is 4.90 Å². The molecule has 1 fully saturated rings. The first-order valence-corrected chi connectivity index (χ1v) is 5.42. The quantitative estimate of drug-likeness (QED) is 0.770. The summed E-state index contributed by atoms with van der Waals surface area (Å²) in [6.45, 7) is 7.78. The number of amides is 1. The van der Waals surface area contributed by atoms with Crippen molar-refractivity contribution in [1.29, 1.82) is 0 Å². The number of carbonyl (C=O) groups is 1. The Morgan fingerprint density at radius 3 is 2.25 bits per heavy atom. The van der Waals surface area contributed by atoms with Gasteiger partial charge in [-0.05, 0) is 27.7 Å². The molecule has 0 saturated carbocycles. The monoisotopic (exact) mass is 231 g/mol. The van der Waals surface area contributed by atoms with Crippen LogP contribution in [-0.4, -0.2) is 53.6 Å². The van der Waals surface area contributed by atoms with Gasteiger partial charge in [-0.3, -0.25) is 4.90 Å². The van der Waals surface area contributed by atoms with Gasteiger partial charge in [-0.15, -0.1) is 0 Å². The lowest BCUT2D eigenvalue weighted by Crippen LogP contribution is -2.68. The molecule has 16 heavy (non-hydrogen) atoms. The maximum absolute atomic E-state index is 11.8. The summed E-state index contributed by atoms with van der Waals surface area (Å²) >= 11 is 0. The second-order valence-corrected chi connectivity index (χ2v) is 5.31. The third kappa shape index (κ3) is 2.47. The molecular weight excluding hydrogens is 210 g/mol. The third-order valence-corrected chi connectivity index (χ3v) is 2.82.